The van der Waals surface area contributed by atoms with Gasteiger partial charge < -0.3 is 15.8 Å². The zero-order valence-corrected chi connectivity index (χ0v) is 8.99. The standard InChI is InChI=1S/C11H17N3O/c1-11(5-2-6-15-8-11)14-9-3-4-10(12)13-7-9/h3-4,7,14H,2,5-6,8H2,1H3,(H2,12,13). The summed E-state index contributed by atoms with van der Waals surface area (Å²) in [7, 11) is 0. The Balaban J connectivity index is 2.03. The highest BCUT2D eigenvalue weighted by Gasteiger charge is 2.27. The molecule has 1 atom stereocenters. The minimum Gasteiger partial charge on any atom is -0.384 e. The monoisotopic (exact) mass is 207 g/mol. The van der Waals surface area contributed by atoms with Crippen LogP contribution in [0, 0.1) is 0 Å². The Kier molecular flexibility index (Phi) is 2.77. The van der Waals surface area contributed by atoms with Crippen LogP contribution >= 0.6 is 0 Å². The number of aromatic nitrogens is 1. The van der Waals surface area contributed by atoms with Gasteiger partial charge in [0.25, 0.3) is 0 Å². The third-order valence-corrected chi connectivity index (χ3v) is 2.67. The maximum absolute atomic E-state index is 5.53. The fraction of sp³-hybridized carbons (Fsp3) is 0.545. The van der Waals surface area contributed by atoms with Crippen LogP contribution in [-0.2, 0) is 4.74 Å². The van der Waals surface area contributed by atoms with Crippen molar-refractivity contribution in [3.8, 4) is 0 Å². The van der Waals surface area contributed by atoms with Crippen molar-refractivity contribution >= 4 is 11.5 Å². The molecule has 1 aromatic rings. The van der Waals surface area contributed by atoms with Gasteiger partial charge in [-0.25, -0.2) is 4.98 Å². The number of anilines is 2. The van der Waals surface area contributed by atoms with E-state index in [2.05, 4.69) is 17.2 Å². The highest BCUT2D eigenvalue weighted by Crippen LogP contribution is 2.23. The summed E-state index contributed by atoms with van der Waals surface area (Å²) in [6.07, 6.45) is 3.98. The number of nitrogens with zero attached hydrogens (tertiary/aromatic N) is 1. The van der Waals surface area contributed by atoms with Crippen molar-refractivity contribution in [2.24, 2.45) is 0 Å². The summed E-state index contributed by atoms with van der Waals surface area (Å²) in [6.45, 7) is 3.79. The Morgan fingerprint density at radius 2 is 2.40 bits per heavy atom. The lowest BCUT2D eigenvalue weighted by atomic mass is 9.95. The molecule has 2 rings (SSSR count). The molecule has 1 fully saturated rings. The number of nitrogen functional groups attached to an aromatic ring is 1. The molecule has 4 heteroatoms. The summed E-state index contributed by atoms with van der Waals surface area (Å²) in [5.74, 6) is 0.547. The molecule has 4 nitrogen and oxygen atoms in total. The molecule has 0 amide bonds. The topological polar surface area (TPSA) is 60.2 Å². The summed E-state index contributed by atoms with van der Waals surface area (Å²) in [4.78, 5) is 4.05. The van der Waals surface area contributed by atoms with Crippen LogP contribution in [0.3, 0.4) is 0 Å². The first-order valence-electron chi connectivity index (χ1n) is 5.25. The van der Waals surface area contributed by atoms with Gasteiger partial charge >= 0.3 is 0 Å². The molecule has 1 saturated heterocycles. The Labute approximate surface area is 89.8 Å². The Morgan fingerprint density at radius 3 is 3.00 bits per heavy atom. The molecule has 3 N–H and O–H groups in total. The van der Waals surface area contributed by atoms with Crippen LogP contribution in [0.25, 0.3) is 0 Å². The van der Waals surface area contributed by atoms with Crippen molar-refractivity contribution < 1.29 is 4.74 Å². The molecule has 2 heterocycles. The minimum absolute atomic E-state index is 0.0239. The SMILES string of the molecule is CC1(Nc2ccc(N)nc2)CCCOC1. The van der Waals surface area contributed by atoms with Gasteiger partial charge in [-0.2, -0.15) is 0 Å². The van der Waals surface area contributed by atoms with Crippen LogP contribution in [0.2, 0.25) is 0 Å². The predicted octanol–water partition coefficient (Wildman–Crippen LogP) is 1.64. The van der Waals surface area contributed by atoms with Gasteiger partial charge in [-0.3, -0.25) is 0 Å². The third-order valence-electron chi connectivity index (χ3n) is 2.67. The van der Waals surface area contributed by atoms with E-state index in [0.29, 0.717) is 5.82 Å². The minimum atomic E-state index is 0.0239. The van der Waals surface area contributed by atoms with Gasteiger partial charge in [0.05, 0.1) is 24.0 Å². The molecule has 82 valence electrons. The van der Waals surface area contributed by atoms with Gasteiger partial charge in [-0.05, 0) is 31.9 Å². The number of hydrogen-bond acceptors (Lipinski definition) is 4. The smallest absolute Gasteiger partial charge is 0.123 e. The average Bonchev–Trinajstić information content (AvgIpc) is 2.22. The lowest BCUT2D eigenvalue weighted by molar-refractivity contribution is 0.0540. The molecule has 1 aliphatic rings. The van der Waals surface area contributed by atoms with E-state index < -0.39 is 0 Å². The molecular formula is C11H17N3O. The Morgan fingerprint density at radius 1 is 1.53 bits per heavy atom. The van der Waals surface area contributed by atoms with Crippen molar-refractivity contribution in [2.75, 3.05) is 24.3 Å². The quantitative estimate of drug-likeness (QED) is 0.774. The van der Waals surface area contributed by atoms with Crippen molar-refractivity contribution in [3.05, 3.63) is 18.3 Å². The zero-order valence-electron chi connectivity index (χ0n) is 8.99. The van der Waals surface area contributed by atoms with E-state index >= 15 is 0 Å². The molecule has 1 aliphatic heterocycles. The van der Waals surface area contributed by atoms with Crippen LogP contribution in [0.1, 0.15) is 19.8 Å². The second-order valence-electron chi connectivity index (χ2n) is 4.31. The molecule has 0 aromatic carbocycles. The van der Waals surface area contributed by atoms with Gasteiger partial charge in [0.2, 0.25) is 0 Å². The van der Waals surface area contributed by atoms with Crippen LogP contribution < -0.4 is 11.1 Å². The molecule has 1 unspecified atom stereocenters. The Hall–Kier alpha value is -1.29. The molecule has 0 bridgehead atoms. The van der Waals surface area contributed by atoms with Gasteiger partial charge in [0, 0.05) is 6.61 Å². The van der Waals surface area contributed by atoms with Gasteiger partial charge in [-0.1, -0.05) is 0 Å². The largest absolute Gasteiger partial charge is 0.384 e. The first-order chi connectivity index (χ1) is 7.18. The van der Waals surface area contributed by atoms with Gasteiger partial charge in [0.1, 0.15) is 5.82 Å². The van der Waals surface area contributed by atoms with E-state index in [9.17, 15) is 0 Å². The number of nitrogens with one attached hydrogen (secondary N) is 1. The maximum atomic E-state index is 5.53. The molecule has 15 heavy (non-hydrogen) atoms. The summed E-state index contributed by atoms with van der Waals surface area (Å²) < 4.78 is 5.47. The van der Waals surface area contributed by atoms with Crippen LogP contribution in [0.4, 0.5) is 11.5 Å². The van der Waals surface area contributed by atoms with Crippen molar-refractivity contribution in [1.29, 1.82) is 0 Å². The van der Waals surface area contributed by atoms with E-state index in [1.807, 2.05) is 6.07 Å². The predicted molar refractivity (Wildman–Crippen MR) is 60.7 cm³/mol. The fourth-order valence-electron chi connectivity index (χ4n) is 1.86. The highest BCUT2D eigenvalue weighted by molar-refractivity contribution is 5.47. The molecular weight excluding hydrogens is 190 g/mol. The summed E-state index contributed by atoms with van der Waals surface area (Å²) >= 11 is 0. The van der Waals surface area contributed by atoms with Crippen LogP contribution in [0.5, 0.6) is 0 Å². The average molecular weight is 207 g/mol. The maximum Gasteiger partial charge on any atom is 0.123 e. The first-order valence-corrected chi connectivity index (χ1v) is 5.25. The fourth-order valence-corrected chi connectivity index (χ4v) is 1.86. The number of nitrogens with two attached hydrogens (primary N) is 1. The molecule has 0 spiro atoms. The summed E-state index contributed by atoms with van der Waals surface area (Å²) in [5.41, 5.74) is 6.55. The van der Waals surface area contributed by atoms with Crippen LogP contribution in [-0.4, -0.2) is 23.7 Å². The van der Waals surface area contributed by atoms with Crippen molar-refractivity contribution in [3.63, 3.8) is 0 Å². The summed E-state index contributed by atoms with van der Waals surface area (Å²) in [6, 6.07) is 3.75. The normalized spacial score (nSPS) is 26.2. The van der Waals surface area contributed by atoms with E-state index in [0.717, 1.165) is 31.7 Å². The number of pyridine rings is 1. The molecule has 0 saturated carbocycles. The Bertz CT molecular complexity index is 317. The second kappa shape index (κ2) is 4.06. The van der Waals surface area contributed by atoms with Gasteiger partial charge in [0.15, 0.2) is 0 Å². The van der Waals surface area contributed by atoms with E-state index in [1.165, 1.54) is 0 Å². The van der Waals surface area contributed by atoms with E-state index in [1.54, 1.807) is 12.3 Å². The summed E-state index contributed by atoms with van der Waals surface area (Å²) in [5, 5.41) is 3.44. The third kappa shape index (κ3) is 2.59. The van der Waals surface area contributed by atoms with Crippen molar-refractivity contribution in [2.45, 2.75) is 25.3 Å². The lowest BCUT2D eigenvalue weighted by Gasteiger charge is -2.35. The molecule has 0 radical (unpaired) electrons. The highest BCUT2D eigenvalue weighted by atomic mass is 16.5. The lowest BCUT2D eigenvalue weighted by Crippen LogP contribution is -2.43. The zero-order chi connectivity index (χ0) is 10.7. The molecule has 0 aliphatic carbocycles. The van der Waals surface area contributed by atoms with E-state index in [4.69, 9.17) is 10.5 Å². The second-order valence-corrected chi connectivity index (χ2v) is 4.31. The van der Waals surface area contributed by atoms with E-state index in [-0.39, 0.29) is 5.54 Å². The number of hydrogen-bond donors (Lipinski definition) is 2. The number of rotatable bonds is 2. The van der Waals surface area contributed by atoms with Crippen molar-refractivity contribution in [1.82, 2.24) is 4.98 Å². The first kappa shape index (κ1) is 10.2. The van der Waals surface area contributed by atoms with Gasteiger partial charge in [-0.15, -0.1) is 0 Å². The van der Waals surface area contributed by atoms with Crippen LogP contribution in [0.15, 0.2) is 18.3 Å². The number of ether oxygens (including phenoxy) is 1. The molecule has 1 aromatic heterocycles.